The summed E-state index contributed by atoms with van der Waals surface area (Å²) in [6.45, 7) is 7.29. The summed E-state index contributed by atoms with van der Waals surface area (Å²) in [5, 5.41) is 2.58. The molecular formula is C16H24N2O4. The zero-order valence-corrected chi connectivity index (χ0v) is 13.6. The molecule has 0 unspecified atom stereocenters. The Labute approximate surface area is 131 Å². The molecule has 0 saturated carbocycles. The zero-order chi connectivity index (χ0) is 16.6. The number of pyridine rings is 1. The maximum atomic E-state index is 12.0. The Balaban J connectivity index is 2.63. The molecule has 0 spiro atoms. The highest BCUT2D eigenvalue weighted by Gasteiger charge is 2.25. The van der Waals surface area contributed by atoms with E-state index < -0.39 is 23.7 Å². The first-order valence-corrected chi connectivity index (χ1v) is 7.37. The molecule has 1 aromatic rings. The summed E-state index contributed by atoms with van der Waals surface area (Å²) < 4.78 is 10.2. The number of hydrogen-bond acceptors (Lipinski definition) is 5. The third-order valence-electron chi connectivity index (χ3n) is 2.73. The molecule has 0 aliphatic heterocycles. The highest BCUT2D eigenvalue weighted by molar-refractivity contribution is 5.81. The van der Waals surface area contributed by atoms with Gasteiger partial charge in [0.2, 0.25) is 0 Å². The number of aromatic nitrogens is 1. The largest absolute Gasteiger partial charge is 0.464 e. The molecule has 1 aromatic heterocycles. The first-order valence-electron chi connectivity index (χ1n) is 7.37. The van der Waals surface area contributed by atoms with Gasteiger partial charge in [0, 0.05) is 12.4 Å². The summed E-state index contributed by atoms with van der Waals surface area (Å²) in [4.78, 5) is 27.7. The van der Waals surface area contributed by atoms with Gasteiger partial charge in [-0.05, 0) is 58.2 Å². The number of ether oxygens (including phenoxy) is 2. The minimum Gasteiger partial charge on any atom is -0.464 e. The fourth-order valence-corrected chi connectivity index (χ4v) is 1.80. The normalized spacial score (nSPS) is 12.4. The van der Waals surface area contributed by atoms with Crippen molar-refractivity contribution in [3.8, 4) is 0 Å². The van der Waals surface area contributed by atoms with Crippen LogP contribution in [0.5, 0.6) is 0 Å². The van der Waals surface area contributed by atoms with Crippen molar-refractivity contribution in [2.75, 3.05) is 6.61 Å². The second-order valence-electron chi connectivity index (χ2n) is 5.85. The van der Waals surface area contributed by atoms with Crippen LogP contribution in [0.15, 0.2) is 24.5 Å². The number of amides is 1. The van der Waals surface area contributed by atoms with E-state index >= 15 is 0 Å². The number of alkyl carbamates (subject to hydrolysis) is 1. The van der Waals surface area contributed by atoms with Crippen LogP contribution in [0, 0.1) is 0 Å². The Hall–Kier alpha value is -2.11. The quantitative estimate of drug-likeness (QED) is 0.817. The van der Waals surface area contributed by atoms with Crippen molar-refractivity contribution in [2.24, 2.45) is 0 Å². The molecule has 0 aliphatic rings. The number of rotatable bonds is 6. The first kappa shape index (κ1) is 17.9. The van der Waals surface area contributed by atoms with Gasteiger partial charge in [0.05, 0.1) is 6.61 Å². The van der Waals surface area contributed by atoms with Crippen LogP contribution in [0.1, 0.15) is 39.7 Å². The van der Waals surface area contributed by atoms with Crippen molar-refractivity contribution in [2.45, 2.75) is 52.2 Å². The standard InChI is InChI=1S/C16H24N2O4/c1-5-21-14(19)13(18-15(20)22-16(2,3)4)7-6-12-8-10-17-11-9-12/h8-11,13H,5-7H2,1-4H3,(H,18,20)/t13-/m1/s1. The summed E-state index contributed by atoms with van der Waals surface area (Å²) in [7, 11) is 0. The van der Waals surface area contributed by atoms with E-state index in [-0.39, 0.29) is 6.61 Å². The maximum Gasteiger partial charge on any atom is 0.408 e. The molecule has 1 N–H and O–H groups in total. The smallest absolute Gasteiger partial charge is 0.408 e. The van der Waals surface area contributed by atoms with Crippen LogP contribution in [-0.4, -0.2) is 35.3 Å². The van der Waals surface area contributed by atoms with Crippen LogP contribution in [-0.2, 0) is 20.7 Å². The molecule has 0 fully saturated rings. The summed E-state index contributed by atoms with van der Waals surface area (Å²) in [5.74, 6) is -0.456. The van der Waals surface area contributed by atoms with Crippen LogP contribution < -0.4 is 5.32 Å². The second kappa shape index (κ2) is 8.36. The fraction of sp³-hybridized carbons (Fsp3) is 0.562. The van der Waals surface area contributed by atoms with Gasteiger partial charge in [-0.25, -0.2) is 9.59 Å². The predicted octanol–water partition coefficient (Wildman–Crippen LogP) is 2.47. The number of hydrogen-bond donors (Lipinski definition) is 1. The Morgan fingerprint density at radius 2 is 1.91 bits per heavy atom. The Morgan fingerprint density at radius 1 is 1.27 bits per heavy atom. The van der Waals surface area contributed by atoms with E-state index in [1.54, 1.807) is 40.1 Å². The lowest BCUT2D eigenvalue weighted by molar-refractivity contribution is -0.145. The Morgan fingerprint density at radius 3 is 2.45 bits per heavy atom. The number of aryl methyl sites for hydroxylation is 1. The molecule has 1 rings (SSSR count). The topological polar surface area (TPSA) is 77.5 Å². The van der Waals surface area contributed by atoms with Crippen LogP contribution in [0.4, 0.5) is 4.79 Å². The van der Waals surface area contributed by atoms with Crippen molar-refractivity contribution in [1.29, 1.82) is 0 Å². The summed E-state index contributed by atoms with van der Waals surface area (Å²) in [5.41, 5.74) is 0.421. The second-order valence-corrected chi connectivity index (χ2v) is 5.85. The molecule has 1 amide bonds. The average Bonchev–Trinajstić information content (AvgIpc) is 2.42. The lowest BCUT2D eigenvalue weighted by Gasteiger charge is -2.22. The molecule has 22 heavy (non-hydrogen) atoms. The van der Waals surface area contributed by atoms with Crippen LogP contribution in [0.25, 0.3) is 0 Å². The first-order chi connectivity index (χ1) is 10.3. The molecule has 0 bridgehead atoms. The molecule has 0 saturated heterocycles. The minimum atomic E-state index is -0.733. The van der Waals surface area contributed by atoms with Crippen molar-refractivity contribution >= 4 is 12.1 Å². The van der Waals surface area contributed by atoms with Gasteiger partial charge in [-0.15, -0.1) is 0 Å². The van der Waals surface area contributed by atoms with Gasteiger partial charge in [0.15, 0.2) is 0 Å². The van der Waals surface area contributed by atoms with E-state index in [1.165, 1.54) is 0 Å². The lowest BCUT2D eigenvalue weighted by atomic mass is 10.1. The minimum absolute atomic E-state index is 0.264. The number of carbonyl (C=O) groups is 2. The molecule has 0 aliphatic carbocycles. The van der Waals surface area contributed by atoms with E-state index in [4.69, 9.17) is 9.47 Å². The summed E-state index contributed by atoms with van der Waals surface area (Å²) in [6.07, 6.45) is 3.82. The third-order valence-corrected chi connectivity index (χ3v) is 2.73. The van der Waals surface area contributed by atoms with Crippen molar-refractivity contribution < 1.29 is 19.1 Å². The van der Waals surface area contributed by atoms with Gasteiger partial charge in [-0.3, -0.25) is 4.98 Å². The zero-order valence-electron chi connectivity index (χ0n) is 13.6. The highest BCUT2D eigenvalue weighted by atomic mass is 16.6. The van der Waals surface area contributed by atoms with Gasteiger partial charge in [0.1, 0.15) is 11.6 Å². The van der Waals surface area contributed by atoms with E-state index in [2.05, 4.69) is 10.3 Å². The molecule has 1 heterocycles. The van der Waals surface area contributed by atoms with E-state index in [0.717, 1.165) is 5.56 Å². The van der Waals surface area contributed by atoms with Crippen LogP contribution in [0.3, 0.4) is 0 Å². The van der Waals surface area contributed by atoms with Crippen LogP contribution in [0.2, 0.25) is 0 Å². The summed E-state index contributed by atoms with van der Waals surface area (Å²) >= 11 is 0. The van der Waals surface area contributed by atoms with E-state index in [9.17, 15) is 9.59 Å². The average molecular weight is 308 g/mol. The predicted molar refractivity (Wildman–Crippen MR) is 82.3 cm³/mol. The van der Waals surface area contributed by atoms with Gasteiger partial charge < -0.3 is 14.8 Å². The van der Waals surface area contributed by atoms with Crippen molar-refractivity contribution in [1.82, 2.24) is 10.3 Å². The maximum absolute atomic E-state index is 12.0. The van der Waals surface area contributed by atoms with Crippen LogP contribution >= 0.6 is 0 Å². The molecule has 1 atom stereocenters. The molecule has 6 nitrogen and oxygen atoms in total. The van der Waals surface area contributed by atoms with Gasteiger partial charge in [-0.1, -0.05) is 0 Å². The molecule has 0 aromatic carbocycles. The molecule has 6 heteroatoms. The van der Waals surface area contributed by atoms with E-state index in [0.29, 0.717) is 12.8 Å². The van der Waals surface area contributed by atoms with Gasteiger partial charge in [-0.2, -0.15) is 0 Å². The summed E-state index contributed by atoms with van der Waals surface area (Å²) in [6, 6.07) is 3.01. The van der Waals surface area contributed by atoms with Gasteiger partial charge in [0.25, 0.3) is 0 Å². The SMILES string of the molecule is CCOC(=O)[C@@H](CCc1ccncc1)NC(=O)OC(C)(C)C. The molecule has 122 valence electrons. The van der Waals surface area contributed by atoms with Crippen molar-refractivity contribution in [3.05, 3.63) is 30.1 Å². The number of nitrogens with one attached hydrogen (secondary N) is 1. The number of esters is 1. The number of nitrogens with zero attached hydrogens (tertiary/aromatic N) is 1. The molecule has 0 radical (unpaired) electrons. The highest BCUT2D eigenvalue weighted by Crippen LogP contribution is 2.09. The lowest BCUT2D eigenvalue weighted by Crippen LogP contribution is -2.44. The third kappa shape index (κ3) is 7.06. The number of carbonyl (C=O) groups excluding carboxylic acids is 2. The monoisotopic (exact) mass is 308 g/mol. The molecular weight excluding hydrogens is 284 g/mol. The Kier molecular flexibility index (Phi) is 6.82. The van der Waals surface area contributed by atoms with Gasteiger partial charge >= 0.3 is 12.1 Å². The fourth-order valence-electron chi connectivity index (χ4n) is 1.80. The van der Waals surface area contributed by atoms with E-state index in [1.807, 2.05) is 12.1 Å². The van der Waals surface area contributed by atoms with Crippen molar-refractivity contribution in [3.63, 3.8) is 0 Å². The Bertz CT molecular complexity index is 483.